The van der Waals surface area contributed by atoms with E-state index in [0.717, 1.165) is 25.8 Å². The summed E-state index contributed by atoms with van der Waals surface area (Å²) in [4.78, 5) is 0.198. The van der Waals surface area contributed by atoms with Gasteiger partial charge in [0, 0.05) is 19.1 Å². The van der Waals surface area contributed by atoms with Crippen molar-refractivity contribution in [3.63, 3.8) is 0 Å². The number of nitrogens with one attached hydrogen (secondary N) is 1. The second-order valence-electron chi connectivity index (χ2n) is 5.23. The molecule has 0 aliphatic carbocycles. The van der Waals surface area contributed by atoms with E-state index in [1.165, 1.54) is 22.5 Å². The molecular weight excluding hydrogens is 331 g/mol. The minimum atomic E-state index is -3.54. The Morgan fingerprint density at radius 3 is 2.67 bits per heavy atom. The molecule has 21 heavy (non-hydrogen) atoms. The van der Waals surface area contributed by atoms with Crippen LogP contribution in [0.3, 0.4) is 0 Å². The quantitative estimate of drug-likeness (QED) is 0.857. The lowest BCUT2D eigenvalue weighted by Gasteiger charge is -2.25. The van der Waals surface area contributed by atoms with E-state index < -0.39 is 10.0 Å². The monoisotopic (exact) mass is 350 g/mol. The first-order valence-electron chi connectivity index (χ1n) is 7.13. The molecule has 4 nitrogen and oxygen atoms in total. The van der Waals surface area contributed by atoms with Crippen LogP contribution >= 0.6 is 23.2 Å². The van der Waals surface area contributed by atoms with Crippen molar-refractivity contribution in [2.24, 2.45) is 0 Å². The smallest absolute Gasteiger partial charge is 0.243 e. The topological polar surface area (TPSA) is 49.4 Å². The highest BCUT2D eigenvalue weighted by atomic mass is 35.5. The number of halogens is 2. The standard InChI is InChI=1S/C14H20Cl2N2O2S/c1-2-8-18(10-11-4-3-7-17-11)21(19,20)12-5-6-13(15)14(16)9-12/h5-6,9,11,17H,2-4,7-8,10H2,1H3. The molecule has 2 rings (SSSR count). The molecule has 0 amide bonds. The summed E-state index contributed by atoms with van der Waals surface area (Å²) in [5.41, 5.74) is 0. The highest BCUT2D eigenvalue weighted by molar-refractivity contribution is 7.89. The SMILES string of the molecule is CCCN(CC1CCCN1)S(=O)(=O)c1ccc(Cl)c(Cl)c1. The van der Waals surface area contributed by atoms with Crippen LogP contribution in [0.4, 0.5) is 0 Å². The molecule has 1 saturated heterocycles. The van der Waals surface area contributed by atoms with Gasteiger partial charge in [-0.3, -0.25) is 0 Å². The van der Waals surface area contributed by atoms with Gasteiger partial charge in [0.25, 0.3) is 0 Å². The van der Waals surface area contributed by atoms with Crippen LogP contribution < -0.4 is 5.32 Å². The van der Waals surface area contributed by atoms with Gasteiger partial charge in [-0.1, -0.05) is 30.1 Å². The van der Waals surface area contributed by atoms with E-state index in [9.17, 15) is 8.42 Å². The lowest BCUT2D eigenvalue weighted by molar-refractivity contribution is 0.369. The van der Waals surface area contributed by atoms with Crippen LogP contribution in [-0.4, -0.2) is 38.4 Å². The summed E-state index contributed by atoms with van der Waals surface area (Å²) in [7, 11) is -3.54. The Morgan fingerprint density at radius 2 is 2.10 bits per heavy atom. The van der Waals surface area contributed by atoms with Crippen molar-refractivity contribution in [1.29, 1.82) is 0 Å². The second kappa shape index (κ2) is 7.29. The number of rotatable bonds is 6. The summed E-state index contributed by atoms with van der Waals surface area (Å²) in [5.74, 6) is 0. The van der Waals surface area contributed by atoms with Gasteiger partial charge in [0.05, 0.1) is 14.9 Å². The van der Waals surface area contributed by atoms with E-state index in [1.54, 1.807) is 0 Å². The predicted octanol–water partition coefficient (Wildman–Crippen LogP) is 3.15. The van der Waals surface area contributed by atoms with Crippen molar-refractivity contribution in [3.8, 4) is 0 Å². The summed E-state index contributed by atoms with van der Waals surface area (Å²) >= 11 is 11.8. The predicted molar refractivity (Wildman–Crippen MR) is 86.5 cm³/mol. The fraction of sp³-hybridized carbons (Fsp3) is 0.571. The third kappa shape index (κ3) is 4.11. The van der Waals surface area contributed by atoms with Crippen LogP contribution in [0.15, 0.2) is 23.1 Å². The lowest BCUT2D eigenvalue weighted by atomic mass is 10.2. The van der Waals surface area contributed by atoms with Gasteiger partial charge in [-0.05, 0) is 44.0 Å². The normalized spacial score (nSPS) is 19.3. The fourth-order valence-electron chi connectivity index (χ4n) is 2.50. The molecule has 0 saturated carbocycles. The number of sulfonamides is 1. The Bertz CT molecular complexity index is 587. The Kier molecular flexibility index (Phi) is 5.91. The van der Waals surface area contributed by atoms with E-state index >= 15 is 0 Å². The number of nitrogens with zero attached hydrogens (tertiary/aromatic N) is 1. The van der Waals surface area contributed by atoms with Crippen LogP contribution in [0.1, 0.15) is 26.2 Å². The summed E-state index contributed by atoms with van der Waals surface area (Å²) in [6.07, 6.45) is 2.88. The molecule has 1 aliphatic rings. The summed E-state index contributed by atoms with van der Waals surface area (Å²) in [6.45, 7) is 3.92. The molecule has 1 atom stereocenters. The first-order chi connectivity index (χ1) is 9.95. The fourth-order valence-corrected chi connectivity index (χ4v) is 4.47. The molecule has 1 fully saturated rings. The van der Waals surface area contributed by atoms with Crippen molar-refractivity contribution in [3.05, 3.63) is 28.2 Å². The Balaban J connectivity index is 2.25. The van der Waals surface area contributed by atoms with Crippen molar-refractivity contribution in [2.75, 3.05) is 19.6 Å². The molecule has 118 valence electrons. The van der Waals surface area contributed by atoms with Gasteiger partial charge in [0.15, 0.2) is 0 Å². The highest BCUT2D eigenvalue weighted by Crippen LogP contribution is 2.27. The maximum atomic E-state index is 12.8. The van der Waals surface area contributed by atoms with Gasteiger partial charge in [-0.15, -0.1) is 0 Å². The largest absolute Gasteiger partial charge is 0.313 e. The zero-order chi connectivity index (χ0) is 15.5. The molecule has 1 N–H and O–H groups in total. The van der Waals surface area contributed by atoms with Crippen LogP contribution in [0.5, 0.6) is 0 Å². The molecule has 1 unspecified atom stereocenters. The zero-order valence-electron chi connectivity index (χ0n) is 12.0. The van der Waals surface area contributed by atoms with Gasteiger partial charge in [-0.2, -0.15) is 4.31 Å². The van der Waals surface area contributed by atoms with Crippen LogP contribution in [0.25, 0.3) is 0 Å². The van der Waals surface area contributed by atoms with Crippen molar-refractivity contribution >= 4 is 33.2 Å². The van der Waals surface area contributed by atoms with E-state index in [0.29, 0.717) is 18.1 Å². The molecule has 0 radical (unpaired) electrons. The van der Waals surface area contributed by atoms with E-state index in [-0.39, 0.29) is 16.0 Å². The molecule has 0 bridgehead atoms. The van der Waals surface area contributed by atoms with Crippen molar-refractivity contribution in [2.45, 2.75) is 37.1 Å². The van der Waals surface area contributed by atoms with Gasteiger partial charge in [-0.25, -0.2) is 8.42 Å². The average molecular weight is 351 g/mol. The zero-order valence-corrected chi connectivity index (χ0v) is 14.3. The average Bonchev–Trinajstić information content (AvgIpc) is 2.94. The Hall–Kier alpha value is -0.330. The highest BCUT2D eigenvalue weighted by Gasteiger charge is 2.28. The van der Waals surface area contributed by atoms with E-state index in [1.807, 2.05) is 6.92 Å². The van der Waals surface area contributed by atoms with Gasteiger partial charge < -0.3 is 5.32 Å². The number of benzene rings is 1. The first-order valence-corrected chi connectivity index (χ1v) is 9.33. The summed E-state index contributed by atoms with van der Waals surface area (Å²) in [5, 5.41) is 3.95. The van der Waals surface area contributed by atoms with Crippen molar-refractivity contribution < 1.29 is 8.42 Å². The minimum Gasteiger partial charge on any atom is -0.313 e. The lowest BCUT2D eigenvalue weighted by Crippen LogP contribution is -2.41. The van der Waals surface area contributed by atoms with Crippen LogP contribution in [-0.2, 0) is 10.0 Å². The molecule has 0 aromatic heterocycles. The van der Waals surface area contributed by atoms with E-state index in [4.69, 9.17) is 23.2 Å². The molecule has 1 heterocycles. The third-order valence-corrected chi connectivity index (χ3v) is 6.19. The maximum absolute atomic E-state index is 12.8. The van der Waals surface area contributed by atoms with Gasteiger partial charge in [0.1, 0.15) is 0 Å². The second-order valence-corrected chi connectivity index (χ2v) is 7.98. The molecule has 0 spiro atoms. The van der Waals surface area contributed by atoms with Gasteiger partial charge in [0.2, 0.25) is 10.0 Å². The van der Waals surface area contributed by atoms with Crippen molar-refractivity contribution in [1.82, 2.24) is 9.62 Å². The van der Waals surface area contributed by atoms with Gasteiger partial charge >= 0.3 is 0 Å². The first kappa shape index (κ1) is 17.0. The molecule has 1 aromatic carbocycles. The number of hydrogen-bond acceptors (Lipinski definition) is 3. The van der Waals surface area contributed by atoms with E-state index in [2.05, 4.69) is 5.32 Å². The molecule has 7 heteroatoms. The Labute approximate surface area is 136 Å². The number of hydrogen-bond donors (Lipinski definition) is 1. The Morgan fingerprint density at radius 1 is 1.33 bits per heavy atom. The minimum absolute atomic E-state index is 0.198. The third-order valence-electron chi connectivity index (χ3n) is 3.59. The molecular formula is C14H20Cl2N2O2S. The summed E-state index contributed by atoms with van der Waals surface area (Å²) in [6, 6.07) is 4.68. The molecule has 1 aromatic rings. The molecule has 1 aliphatic heterocycles. The maximum Gasteiger partial charge on any atom is 0.243 e. The summed E-state index contributed by atoms with van der Waals surface area (Å²) < 4.78 is 27.1. The van der Waals surface area contributed by atoms with Crippen LogP contribution in [0.2, 0.25) is 10.0 Å². The van der Waals surface area contributed by atoms with Crippen LogP contribution in [0, 0.1) is 0 Å².